The normalized spacial score (nSPS) is 12.1. The molecule has 0 atom stereocenters. The fourth-order valence-electron chi connectivity index (χ4n) is 1.75. The molecule has 2 N–H and O–H groups in total. The molecule has 0 aliphatic heterocycles. The van der Waals surface area contributed by atoms with Crippen LogP contribution in [-0.2, 0) is 4.12 Å². The van der Waals surface area contributed by atoms with Crippen LogP contribution in [0.1, 0.15) is 0 Å². The van der Waals surface area contributed by atoms with E-state index in [4.69, 9.17) is 8.91 Å². The molecule has 0 saturated heterocycles. The second-order valence-electron chi connectivity index (χ2n) is 3.65. The van der Waals surface area contributed by atoms with Crippen molar-refractivity contribution in [2.45, 2.75) is 0 Å². The molecular weight excluding hydrogens is 248 g/mol. The molecule has 5 heteroatoms. The van der Waals surface area contributed by atoms with Crippen LogP contribution >= 0.6 is 0 Å². The van der Waals surface area contributed by atoms with Crippen molar-refractivity contribution in [1.82, 2.24) is 0 Å². The Labute approximate surface area is 104 Å². The highest BCUT2D eigenvalue weighted by Gasteiger charge is 2.37. The average molecular weight is 262 g/mol. The van der Waals surface area contributed by atoms with Crippen LogP contribution in [0.3, 0.4) is 0 Å². The topological polar surface area (TPSA) is 49.7 Å². The molecule has 0 aliphatic rings. The second kappa shape index (κ2) is 5.39. The first kappa shape index (κ1) is 12.2. The molecule has 0 bridgehead atoms. The summed E-state index contributed by atoms with van der Waals surface area (Å²) < 4.78 is 5.39. The smallest absolute Gasteiger partial charge is 0.395 e. The first-order valence-corrected chi connectivity index (χ1v) is 8.42. The second-order valence-corrected chi connectivity index (χ2v) is 7.51. The minimum atomic E-state index is -3.19. The lowest BCUT2D eigenvalue weighted by molar-refractivity contribution is 0.375. The molecule has 2 rings (SSSR count). The maximum absolute atomic E-state index is 10.7. The Hall–Kier alpha value is -1.25. The lowest BCUT2D eigenvalue weighted by Crippen LogP contribution is -2.61. The third-order valence-corrected chi connectivity index (χ3v) is 7.02. The van der Waals surface area contributed by atoms with Gasteiger partial charge in [0, 0.05) is 0 Å². The third kappa shape index (κ3) is 2.54. The summed E-state index contributed by atoms with van der Waals surface area (Å²) in [6.45, 7) is 0. The average Bonchev–Trinajstić information content (AvgIpc) is 2.41. The predicted molar refractivity (Wildman–Crippen MR) is 72.0 cm³/mol. The number of benzene rings is 2. The van der Waals surface area contributed by atoms with Gasteiger partial charge in [0.25, 0.3) is 10.0 Å². The Bertz CT molecular complexity index is 422. The van der Waals surface area contributed by atoms with Crippen LogP contribution in [0.4, 0.5) is 0 Å². The minimum absolute atomic E-state index is 0.757. The molecule has 0 fully saturated rings. The van der Waals surface area contributed by atoms with Gasteiger partial charge in [-0.15, -0.1) is 0 Å². The first-order chi connectivity index (χ1) is 8.27. The van der Waals surface area contributed by atoms with Crippen molar-refractivity contribution in [2.24, 2.45) is 0 Å². The van der Waals surface area contributed by atoms with Gasteiger partial charge in [0.1, 0.15) is 0 Å². The Balaban J connectivity index is 2.47. The van der Waals surface area contributed by atoms with Crippen molar-refractivity contribution < 1.29 is 13.7 Å². The van der Waals surface area contributed by atoms with E-state index >= 15 is 0 Å². The lowest BCUT2D eigenvalue weighted by Gasteiger charge is -2.24. The summed E-state index contributed by atoms with van der Waals surface area (Å²) in [5, 5.41) is 1.51. The van der Waals surface area contributed by atoms with Crippen LogP contribution in [-0.4, -0.2) is 28.2 Å². The molecule has 88 valence electrons. The van der Waals surface area contributed by atoms with Crippen molar-refractivity contribution >= 4 is 28.9 Å². The largest absolute Gasteiger partial charge is 0.416 e. The van der Waals surface area contributed by atoms with Gasteiger partial charge < -0.3 is 13.7 Å². The van der Waals surface area contributed by atoms with Crippen molar-refractivity contribution in [1.29, 1.82) is 0 Å². The van der Waals surface area contributed by atoms with E-state index in [1.165, 1.54) is 0 Å². The molecule has 0 spiro atoms. The maximum Gasteiger partial charge on any atom is 0.395 e. The Kier molecular flexibility index (Phi) is 3.87. The zero-order valence-corrected chi connectivity index (χ0v) is 11.7. The number of hydrogen-bond acceptors (Lipinski definition) is 3. The predicted octanol–water partition coefficient (Wildman–Crippen LogP) is -0.757. The molecule has 2 aromatic carbocycles. The highest BCUT2D eigenvalue weighted by Crippen LogP contribution is 2.02. The fourth-order valence-corrected chi connectivity index (χ4v) is 5.46. The molecule has 0 heterocycles. The summed E-state index contributed by atoms with van der Waals surface area (Å²) in [4.78, 5) is 19.9. The molecule has 0 radical (unpaired) electrons. The molecule has 0 unspecified atom stereocenters. The summed E-state index contributed by atoms with van der Waals surface area (Å²) in [5.41, 5.74) is 0. The van der Waals surface area contributed by atoms with Gasteiger partial charge in [-0.25, -0.2) is 0 Å². The van der Waals surface area contributed by atoms with Crippen LogP contribution in [0.5, 0.6) is 0 Å². The molecule has 17 heavy (non-hydrogen) atoms. The van der Waals surface area contributed by atoms with Crippen molar-refractivity contribution in [2.75, 3.05) is 0 Å². The van der Waals surface area contributed by atoms with E-state index in [2.05, 4.69) is 0 Å². The lowest BCUT2D eigenvalue weighted by atomic mass is 10.4. The van der Waals surface area contributed by atoms with Crippen molar-refractivity contribution in [3.8, 4) is 0 Å². The molecule has 0 saturated carbocycles. The monoisotopic (exact) mass is 262 g/mol. The first-order valence-electron chi connectivity index (χ1n) is 5.35. The van der Waals surface area contributed by atoms with Gasteiger partial charge in [0.15, 0.2) is 0 Å². The summed E-state index contributed by atoms with van der Waals surface area (Å²) in [6, 6.07) is 18.6. The van der Waals surface area contributed by atoms with Crippen molar-refractivity contribution in [3.05, 3.63) is 60.7 Å². The maximum atomic E-state index is 10.7. The Morgan fingerprint density at radius 3 is 1.59 bits per heavy atom. The van der Waals surface area contributed by atoms with Crippen LogP contribution in [0, 0.1) is 0 Å². The third-order valence-electron chi connectivity index (χ3n) is 2.60. The molecule has 0 aliphatic carbocycles. The van der Waals surface area contributed by atoms with Gasteiger partial charge in [0.2, 0.25) is 0 Å². The van der Waals surface area contributed by atoms with Gasteiger partial charge >= 0.3 is 8.56 Å². The summed E-state index contributed by atoms with van der Waals surface area (Å²) in [5.74, 6) is 0. The Morgan fingerprint density at radius 2 is 1.24 bits per heavy atom. The zero-order valence-electron chi connectivity index (χ0n) is 9.28. The number of hydrogen-bond donors (Lipinski definition) is 2. The Morgan fingerprint density at radius 1 is 0.824 bits per heavy atom. The van der Waals surface area contributed by atoms with E-state index in [1.807, 2.05) is 60.7 Å². The summed E-state index contributed by atoms with van der Waals surface area (Å²) >= 11 is 0. The van der Waals surface area contributed by atoms with E-state index in [0.717, 1.165) is 10.4 Å². The molecular formula is C12H14O3Si2. The quantitative estimate of drug-likeness (QED) is 0.713. The van der Waals surface area contributed by atoms with Crippen LogP contribution < -0.4 is 10.4 Å². The number of rotatable bonds is 4. The van der Waals surface area contributed by atoms with Gasteiger partial charge in [-0.3, -0.25) is 0 Å². The van der Waals surface area contributed by atoms with E-state index in [1.54, 1.807) is 0 Å². The zero-order chi connectivity index (χ0) is 12.1. The SMILES string of the molecule is O[SiH2]O[Si](O)(c1ccccc1)c1ccccc1. The van der Waals surface area contributed by atoms with Gasteiger partial charge in [-0.05, 0) is 10.4 Å². The standard InChI is InChI=1S/C12H14O3Si2/c13-16-15-17(14,11-7-3-1-4-8-11)12-9-5-2-6-10-12/h1-10,13-14H,16H2. The van der Waals surface area contributed by atoms with Gasteiger partial charge in [-0.2, -0.15) is 0 Å². The fraction of sp³-hybridized carbons (Fsp3) is 0. The van der Waals surface area contributed by atoms with Crippen LogP contribution in [0.2, 0.25) is 0 Å². The van der Waals surface area contributed by atoms with Gasteiger partial charge in [0.05, 0.1) is 0 Å². The summed E-state index contributed by atoms with van der Waals surface area (Å²) in [6.07, 6.45) is 0. The van der Waals surface area contributed by atoms with Crippen LogP contribution in [0.25, 0.3) is 0 Å². The van der Waals surface area contributed by atoms with Crippen LogP contribution in [0.15, 0.2) is 60.7 Å². The van der Waals surface area contributed by atoms with Gasteiger partial charge in [-0.1, -0.05) is 60.7 Å². The molecule has 3 nitrogen and oxygen atoms in total. The summed E-state index contributed by atoms with van der Waals surface area (Å²) in [7, 11) is -4.86. The molecule has 2 aromatic rings. The molecule has 0 aromatic heterocycles. The van der Waals surface area contributed by atoms with E-state index in [-0.39, 0.29) is 0 Å². The van der Waals surface area contributed by atoms with E-state index in [0.29, 0.717) is 0 Å². The molecule has 0 amide bonds. The van der Waals surface area contributed by atoms with E-state index < -0.39 is 18.6 Å². The minimum Gasteiger partial charge on any atom is -0.416 e. The van der Waals surface area contributed by atoms with E-state index in [9.17, 15) is 4.80 Å². The van der Waals surface area contributed by atoms with Crippen molar-refractivity contribution in [3.63, 3.8) is 0 Å². The highest BCUT2D eigenvalue weighted by atomic mass is 28.4. The highest BCUT2D eigenvalue weighted by molar-refractivity contribution is 6.93.